The van der Waals surface area contributed by atoms with Crippen LogP contribution in [0.1, 0.15) is 12.8 Å². The van der Waals surface area contributed by atoms with Crippen LogP contribution < -0.4 is 15.5 Å². The molecule has 0 aromatic carbocycles. The van der Waals surface area contributed by atoms with Gasteiger partial charge in [-0.2, -0.15) is 0 Å². The Labute approximate surface area is 133 Å². The van der Waals surface area contributed by atoms with Gasteiger partial charge >= 0.3 is 6.03 Å². The highest BCUT2D eigenvalue weighted by molar-refractivity contribution is 6.04. The highest BCUT2D eigenvalue weighted by atomic mass is 16.2. The van der Waals surface area contributed by atoms with Crippen LogP contribution >= 0.6 is 0 Å². The van der Waals surface area contributed by atoms with Gasteiger partial charge in [-0.25, -0.2) is 9.78 Å². The van der Waals surface area contributed by atoms with E-state index in [9.17, 15) is 14.4 Å². The summed E-state index contributed by atoms with van der Waals surface area (Å²) in [6.07, 6.45) is 6.71. The number of piperidine rings is 1. The molecule has 122 valence electrons. The van der Waals surface area contributed by atoms with E-state index in [1.165, 1.54) is 0 Å². The summed E-state index contributed by atoms with van der Waals surface area (Å²) in [5, 5.41) is 5.27. The van der Waals surface area contributed by atoms with Crippen LogP contribution in [0.4, 0.5) is 10.6 Å². The van der Waals surface area contributed by atoms with Gasteiger partial charge in [0, 0.05) is 31.5 Å². The summed E-state index contributed by atoms with van der Waals surface area (Å²) in [5.41, 5.74) is 0. The van der Waals surface area contributed by atoms with E-state index in [0.717, 1.165) is 30.1 Å². The fraction of sp³-hybridized carbons (Fsp3) is 0.500. The number of urea groups is 1. The molecule has 0 aliphatic carbocycles. The van der Waals surface area contributed by atoms with E-state index in [-0.39, 0.29) is 30.9 Å². The van der Waals surface area contributed by atoms with Gasteiger partial charge in [-0.15, -0.1) is 0 Å². The fourth-order valence-corrected chi connectivity index (χ4v) is 2.79. The third-order valence-electron chi connectivity index (χ3n) is 3.90. The van der Waals surface area contributed by atoms with Gasteiger partial charge in [-0.3, -0.25) is 19.5 Å². The zero-order valence-electron chi connectivity index (χ0n) is 12.6. The van der Waals surface area contributed by atoms with Crippen LogP contribution in [-0.2, 0) is 9.59 Å². The standard InChI is InChI=1S/C14H18N6O3/c21-12(9-20-13(22)7-17-14(20)23)18-10-2-1-5-19(8-10)11-6-15-3-4-16-11/h3-4,6,10H,1-2,5,7-9H2,(H,17,23)(H,18,21). The minimum absolute atomic E-state index is 0.0426. The van der Waals surface area contributed by atoms with Gasteiger partial charge in [0.05, 0.1) is 12.7 Å². The first-order chi connectivity index (χ1) is 11.1. The van der Waals surface area contributed by atoms with Gasteiger partial charge in [-0.1, -0.05) is 0 Å². The van der Waals surface area contributed by atoms with Gasteiger partial charge in [-0.05, 0) is 12.8 Å². The van der Waals surface area contributed by atoms with E-state index in [1.807, 2.05) is 0 Å². The summed E-state index contributed by atoms with van der Waals surface area (Å²) in [6.45, 7) is 1.20. The lowest BCUT2D eigenvalue weighted by Gasteiger charge is -2.33. The van der Waals surface area contributed by atoms with Crippen molar-refractivity contribution in [3.63, 3.8) is 0 Å². The Morgan fingerprint density at radius 3 is 2.96 bits per heavy atom. The molecule has 2 N–H and O–H groups in total. The lowest BCUT2D eigenvalue weighted by molar-refractivity contribution is -0.130. The van der Waals surface area contributed by atoms with Crippen molar-refractivity contribution in [2.45, 2.75) is 18.9 Å². The highest BCUT2D eigenvalue weighted by Gasteiger charge is 2.31. The number of hydrogen-bond acceptors (Lipinski definition) is 6. The van der Waals surface area contributed by atoms with Gasteiger partial charge < -0.3 is 15.5 Å². The molecule has 0 radical (unpaired) electrons. The average molecular weight is 318 g/mol. The van der Waals surface area contributed by atoms with Gasteiger partial charge in [0.25, 0.3) is 5.91 Å². The second-order valence-electron chi connectivity index (χ2n) is 5.55. The molecule has 0 spiro atoms. The number of aromatic nitrogens is 2. The van der Waals surface area contributed by atoms with Crippen LogP contribution in [-0.4, -0.2) is 64.9 Å². The first-order valence-electron chi connectivity index (χ1n) is 7.52. The summed E-state index contributed by atoms with van der Waals surface area (Å²) >= 11 is 0. The van der Waals surface area contributed by atoms with Gasteiger partial charge in [0.2, 0.25) is 5.91 Å². The van der Waals surface area contributed by atoms with Crippen molar-refractivity contribution in [1.29, 1.82) is 0 Å². The van der Waals surface area contributed by atoms with Crippen molar-refractivity contribution < 1.29 is 14.4 Å². The molecule has 3 heterocycles. The number of amides is 4. The molecule has 9 nitrogen and oxygen atoms in total. The number of hydrogen-bond donors (Lipinski definition) is 2. The third kappa shape index (κ3) is 3.55. The molecule has 1 unspecified atom stereocenters. The van der Waals surface area contributed by atoms with E-state index in [0.29, 0.717) is 6.54 Å². The first-order valence-corrected chi connectivity index (χ1v) is 7.52. The lowest BCUT2D eigenvalue weighted by atomic mass is 10.1. The monoisotopic (exact) mass is 318 g/mol. The van der Waals surface area contributed by atoms with Gasteiger partial charge in [0.1, 0.15) is 12.4 Å². The predicted octanol–water partition coefficient (Wildman–Crippen LogP) is -0.887. The van der Waals surface area contributed by atoms with E-state index in [1.54, 1.807) is 18.6 Å². The number of carbonyl (C=O) groups is 3. The molecular weight excluding hydrogens is 300 g/mol. The molecule has 1 aromatic rings. The molecule has 0 bridgehead atoms. The molecule has 2 fully saturated rings. The second-order valence-corrected chi connectivity index (χ2v) is 5.55. The second kappa shape index (κ2) is 6.59. The van der Waals surface area contributed by atoms with Crippen LogP contribution in [0, 0.1) is 0 Å². The minimum Gasteiger partial charge on any atom is -0.353 e. The van der Waals surface area contributed by atoms with Crippen LogP contribution in [0.5, 0.6) is 0 Å². The lowest BCUT2D eigenvalue weighted by Crippen LogP contribution is -2.51. The highest BCUT2D eigenvalue weighted by Crippen LogP contribution is 2.16. The predicted molar refractivity (Wildman–Crippen MR) is 80.5 cm³/mol. The number of carbonyl (C=O) groups excluding carboxylic acids is 3. The Bertz CT molecular complexity index is 592. The van der Waals surface area contributed by atoms with Crippen molar-refractivity contribution >= 4 is 23.7 Å². The van der Waals surface area contributed by atoms with E-state index in [2.05, 4.69) is 25.5 Å². The Morgan fingerprint density at radius 2 is 2.26 bits per heavy atom. The first kappa shape index (κ1) is 15.2. The maximum Gasteiger partial charge on any atom is 0.325 e. The zero-order chi connectivity index (χ0) is 16.2. The van der Waals surface area contributed by atoms with Crippen molar-refractivity contribution in [2.75, 3.05) is 31.1 Å². The van der Waals surface area contributed by atoms with E-state index in [4.69, 9.17) is 0 Å². The summed E-state index contributed by atoms with van der Waals surface area (Å²) in [6, 6.07) is -0.561. The maximum absolute atomic E-state index is 12.1. The zero-order valence-corrected chi connectivity index (χ0v) is 12.6. The van der Waals surface area contributed by atoms with Crippen molar-refractivity contribution in [2.24, 2.45) is 0 Å². The van der Waals surface area contributed by atoms with Crippen LogP contribution in [0.2, 0.25) is 0 Å². The summed E-state index contributed by atoms with van der Waals surface area (Å²) in [7, 11) is 0. The minimum atomic E-state index is -0.519. The van der Waals surface area contributed by atoms with Crippen LogP contribution in [0.3, 0.4) is 0 Å². The number of anilines is 1. The molecule has 4 amide bonds. The summed E-state index contributed by atoms with van der Waals surface area (Å²) < 4.78 is 0. The molecule has 0 saturated carbocycles. The average Bonchev–Trinajstić information content (AvgIpc) is 2.88. The molecule has 2 aliphatic rings. The number of nitrogens with one attached hydrogen (secondary N) is 2. The van der Waals surface area contributed by atoms with Gasteiger partial charge in [0.15, 0.2) is 0 Å². The smallest absolute Gasteiger partial charge is 0.325 e. The van der Waals surface area contributed by atoms with E-state index < -0.39 is 6.03 Å². The fourth-order valence-electron chi connectivity index (χ4n) is 2.79. The molecular formula is C14H18N6O3. The number of imide groups is 1. The van der Waals surface area contributed by atoms with Crippen molar-refractivity contribution in [3.8, 4) is 0 Å². The maximum atomic E-state index is 12.1. The van der Waals surface area contributed by atoms with Crippen LogP contribution in [0.25, 0.3) is 0 Å². The topological polar surface area (TPSA) is 108 Å². The van der Waals surface area contributed by atoms with Crippen molar-refractivity contribution in [1.82, 2.24) is 25.5 Å². The number of nitrogens with zero attached hydrogens (tertiary/aromatic N) is 4. The molecule has 3 rings (SSSR count). The van der Waals surface area contributed by atoms with Crippen LogP contribution in [0.15, 0.2) is 18.6 Å². The third-order valence-corrected chi connectivity index (χ3v) is 3.90. The normalized spacial score (nSPS) is 21.3. The molecule has 23 heavy (non-hydrogen) atoms. The Balaban J connectivity index is 1.54. The summed E-state index contributed by atoms with van der Waals surface area (Å²) in [5.74, 6) is 0.0666. The Morgan fingerprint density at radius 1 is 1.39 bits per heavy atom. The Kier molecular flexibility index (Phi) is 4.35. The van der Waals surface area contributed by atoms with Crippen molar-refractivity contribution in [3.05, 3.63) is 18.6 Å². The SMILES string of the molecule is O=C(CN1C(=O)CNC1=O)NC1CCCN(c2cnccn2)C1. The quantitative estimate of drug-likeness (QED) is 0.698. The molecule has 2 saturated heterocycles. The van der Waals surface area contributed by atoms with E-state index >= 15 is 0 Å². The molecule has 1 atom stereocenters. The largest absolute Gasteiger partial charge is 0.353 e. The molecule has 9 heteroatoms. The summed E-state index contributed by atoms with van der Waals surface area (Å²) in [4.78, 5) is 46.3. The molecule has 1 aromatic heterocycles. The Hall–Kier alpha value is -2.71. The number of rotatable bonds is 4. The molecule has 2 aliphatic heterocycles.